The van der Waals surface area contributed by atoms with E-state index in [-0.39, 0.29) is 0 Å². The quantitative estimate of drug-likeness (QED) is 0.643. The van der Waals surface area contributed by atoms with E-state index in [1.807, 2.05) is 30.5 Å². The minimum Gasteiger partial charge on any atom is -0.384 e. The van der Waals surface area contributed by atoms with Crippen molar-refractivity contribution in [3.05, 3.63) is 35.5 Å². The molecule has 1 heterocycles. The third-order valence-electron chi connectivity index (χ3n) is 2.83. The molecule has 2 rings (SSSR count). The van der Waals surface area contributed by atoms with Crippen molar-refractivity contribution in [1.29, 1.82) is 0 Å². The summed E-state index contributed by atoms with van der Waals surface area (Å²) in [5, 5.41) is 8.41. The highest BCUT2D eigenvalue weighted by Gasteiger charge is 2.02. The van der Waals surface area contributed by atoms with Crippen LogP contribution in [-0.2, 0) is 0 Å². The zero-order valence-corrected chi connectivity index (χ0v) is 13.5. The molecule has 106 valence electrons. The first kappa shape index (κ1) is 15.4. The fraction of sp³-hybridized carbons (Fsp3) is 0.286. The SMILES string of the molecule is CSC(=S)NCCCNc1ccnc2cc(Cl)ccc12. The van der Waals surface area contributed by atoms with Crippen molar-refractivity contribution in [3.63, 3.8) is 0 Å². The molecule has 20 heavy (non-hydrogen) atoms. The van der Waals surface area contributed by atoms with Crippen LogP contribution in [0.25, 0.3) is 10.9 Å². The standard InChI is InChI=1S/C14H16ClN3S2/c1-20-14(19)18-7-2-6-16-12-5-8-17-13-9-10(15)3-4-11(12)13/h3-5,8-9H,2,6-7H2,1H3,(H,16,17)(H,18,19). The van der Waals surface area contributed by atoms with E-state index >= 15 is 0 Å². The zero-order valence-electron chi connectivity index (χ0n) is 11.1. The molecule has 0 radical (unpaired) electrons. The maximum absolute atomic E-state index is 5.98. The highest BCUT2D eigenvalue weighted by molar-refractivity contribution is 8.22. The minimum atomic E-state index is 0.705. The molecular formula is C14H16ClN3S2. The van der Waals surface area contributed by atoms with Crippen molar-refractivity contribution >= 4 is 56.5 Å². The largest absolute Gasteiger partial charge is 0.384 e. The maximum atomic E-state index is 5.98. The second kappa shape index (κ2) is 7.67. The first-order valence-corrected chi connectivity index (χ1v) is 8.32. The van der Waals surface area contributed by atoms with Crippen molar-refractivity contribution < 1.29 is 0 Å². The van der Waals surface area contributed by atoms with E-state index in [1.54, 1.807) is 18.0 Å². The molecular weight excluding hydrogens is 310 g/mol. The van der Waals surface area contributed by atoms with Gasteiger partial charge in [-0.1, -0.05) is 23.8 Å². The normalized spacial score (nSPS) is 10.5. The number of thiocarbonyl (C=S) groups is 1. The monoisotopic (exact) mass is 325 g/mol. The summed E-state index contributed by atoms with van der Waals surface area (Å²) in [6, 6.07) is 7.74. The number of fused-ring (bicyclic) bond motifs is 1. The Labute approximate surface area is 133 Å². The first-order chi connectivity index (χ1) is 9.70. The average Bonchev–Trinajstić information content (AvgIpc) is 2.46. The van der Waals surface area contributed by atoms with Gasteiger partial charge < -0.3 is 10.6 Å². The molecule has 0 fully saturated rings. The second-order valence-electron chi connectivity index (χ2n) is 4.22. The van der Waals surface area contributed by atoms with E-state index in [9.17, 15) is 0 Å². The van der Waals surface area contributed by atoms with Crippen LogP contribution in [0.3, 0.4) is 0 Å². The molecule has 1 aromatic carbocycles. The number of pyridine rings is 1. The number of nitrogens with zero attached hydrogens (tertiary/aromatic N) is 1. The van der Waals surface area contributed by atoms with Crippen LogP contribution in [0, 0.1) is 0 Å². The van der Waals surface area contributed by atoms with E-state index in [1.165, 1.54) is 0 Å². The molecule has 0 atom stereocenters. The molecule has 0 unspecified atom stereocenters. The smallest absolute Gasteiger partial charge is 0.133 e. The molecule has 0 aliphatic carbocycles. The zero-order chi connectivity index (χ0) is 14.4. The third-order valence-corrected chi connectivity index (χ3v) is 4.22. The highest BCUT2D eigenvalue weighted by Crippen LogP contribution is 2.24. The number of aromatic nitrogens is 1. The Morgan fingerprint density at radius 3 is 3.00 bits per heavy atom. The van der Waals surface area contributed by atoms with Gasteiger partial charge in [-0.25, -0.2) is 0 Å². The summed E-state index contributed by atoms with van der Waals surface area (Å²) in [6.45, 7) is 1.76. The van der Waals surface area contributed by atoms with Gasteiger partial charge in [-0.2, -0.15) is 0 Å². The van der Waals surface area contributed by atoms with E-state index in [4.69, 9.17) is 23.8 Å². The Hall–Kier alpha value is -1.04. The lowest BCUT2D eigenvalue weighted by atomic mass is 10.2. The molecule has 0 aliphatic heterocycles. The number of hydrogen-bond acceptors (Lipinski definition) is 4. The van der Waals surface area contributed by atoms with E-state index in [0.717, 1.165) is 40.4 Å². The Morgan fingerprint density at radius 2 is 2.20 bits per heavy atom. The number of anilines is 1. The van der Waals surface area contributed by atoms with Gasteiger partial charge in [0, 0.05) is 35.4 Å². The second-order valence-corrected chi connectivity index (χ2v) is 6.14. The first-order valence-electron chi connectivity index (χ1n) is 6.30. The molecule has 2 N–H and O–H groups in total. The predicted octanol–water partition coefficient (Wildman–Crippen LogP) is 3.93. The molecule has 0 saturated heterocycles. The lowest BCUT2D eigenvalue weighted by Gasteiger charge is -2.10. The number of rotatable bonds is 5. The van der Waals surface area contributed by atoms with Gasteiger partial charge >= 0.3 is 0 Å². The summed E-state index contributed by atoms with van der Waals surface area (Å²) in [5.41, 5.74) is 1.99. The van der Waals surface area contributed by atoms with Crippen molar-refractivity contribution in [2.45, 2.75) is 6.42 Å². The molecule has 0 aliphatic rings. The highest BCUT2D eigenvalue weighted by atomic mass is 35.5. The van der Waals surface area contributed by atoms with E-state index < -0.39 is 0 Å². The number of nitrogens with one attached hydrogen (secondary N) is 2. The molecule has 3 nitrogen and oxygen atoms in total. The van der Waals surface area contributed by atoms with Gasteiger partial charge in [-0.15, -0.1) is 11.8 Å². The van der Waals surface area contributed by atoms with Crippen molar-refractivity contribution in [3.8, 4) is 0 Å². The van der Waals surface area contributed by atoms with Gasteiger partial charge in [-0.3, -0.25) is 4.98 Å². The predicted molar refractivity (Wildman–Crippen MR) is 94.0 cm³/mol. The lowest BCUT2D eigenvalue weighted by Crippen LogP contribution is -2.21. The summed E-state index contributed by atoms with van der Waals surface area (Å²) >= 11 is 12.6. The van der Waals surface area contributed by atoms with E-state index in [0.29, 0.717) is 5.02 Å². The number of hydrogen-bond donors (Lipinski definition) is 2. The third kappa shape index (κ3) is 4.23. The summed E-state index contributed by atoms with van der Waals surface area (Å²) in [7, 11) is 0. The number of thioether (sulfide) groups is 1. The summed E-state index contributed by atoms with van der Waals surface area (Å²) < 4.78 is 0.842. The Morgan fingerprint density at radius 1 is 1.35 bits per heavy atom. The van der Waals surface area contributed by atoms with Crippen LogP contribution in [0.5, 0.6) is 0 Å². The van der Waals surface area contributed by atoms with Gasteiger partial charge in [0.05, 0.1) is 5.52 Å². The fourth-order valence-corrected chi connectivity index (χ4v) is 2.36. The van der Waals surface area contributed by atoms with Crippen LogP contribution in [-0.4, -0.2) is 28.6 Å². The summed E-state index contributed by atoms with van der Waals surface area (Å²) in [6.07, 6.45) is 4.77. The minimum absolute atomic E-state index is 0.705. The van der Waals surface area contributed by atoms with Crippen LogP contribution in [0.15, 0.2) is 30.5 Å². The Kier molecular flexibility index (Phi) is 5.88. The molecule has 0 saturated carbocycles. The molecule has 0 spiro atoms. The summed E-state index contributed by atoms with van der Waals surface area (Å²) in [5.74, 6) is 0. The van der Waals surface area contributed by atoms with Gasteiger partial charge in [0.2, 0.25) is 0 Å². The van der Waals surface area contributed by atoms with Crippen LogP contribution in [0.1, 0.15) is 6.42 Å². The number of benzene rings is 1. The van der Waals surface area contributed by atoms with Crippen molar-refractivity contribution in [1.82, 2.24) is 10.3 Å². The van der Waals surface area contributed by atoms with Crippen LogP contribution in [0.2, 0.25) is 5.02 Å². The van der Waals surface area contributed by atoms with Crippen LogP contribution in [0.4, 0.5) is 5.69 Å². The topological polar surface area (TPSA) is 37.0 Å². The lowest BCUT2D eigenvalue weighted by molar-refractivity contribution is 0.816. The molecule has 2 aromatic rings. The van der Waals surface area contributed by atoms with Gasteiger partial charge in [0.1, 0.15) is 4.32 Å². The Bertz CT molecular complexity index is 604. The Balaban J connectivity index is 1.92. The van der Waals surface area contributed by atoms with Gasteiger partial charge in [0.15, 0.2) is 0 Å². The van der Waals surface area contributed by atoms with Crippen molar-refractivity contribution in [2.24, 2.45) is 0 Å². The van der Waals surface area contributed by atoms with Gasteiger partial charge in [-0.05, 0) is 36.9 Å². The van der Waals surface area contributed by atoms with Crippen LogP contribution < -0.4 is 10.6 Å². The summed E-state index contributed by atoms with van der Waals surface area (Å²) in [4.78, 5) is 4.32. The van der Waals surface area contributed by atoms with Crippen molar-refractivity contribution in [2.75, 3.05) is 24.7 Å². The average molecular weight is 326 g/mol. The van der Waals surface area contributed by atoms with Gasteiger partial charge in [0.25, 0.3) is 0 Å². The molecule has 1 aromatic heterocycles. The van der Waals surface area contributed by atoms with E-state index in [2.05, 4.69) is 15.6 Å². The molecule has 0 bridgehead atoms. The number of halogens is 1. The molecule has 6 heteroatoms. The maximum Gasteiger partial charge on any atom is 0.133 e. The van der Waals surface area contributed by atoms with Crippen LogP contribution >= 0.6 is 35.6 Å². The molecule has 0 amide bonds. The fourth-order valence-electron chi connectivity index (χ4n) is 1.85.